The maximum absolute atomic E-state index is 12.1. The van der Waals surface area contributed by atoms with Gasteiger partial charge in [-0.3, -0.25) is 14.7 Å². The van der Waals surface area contributed by atoms with Crippen LogP contribution in [0, 0.1) is 17.8 Å². The number of carbonyl (C=O) groups is 1. The maximum Gasteiger partial charge on any atom is 0.224 e. The highest BCUT2D eigenvalue weighted by molar-refractivity contribution is 5.90. The lowest BCUT2D eigenvalue weighted by Crippen LogP contribution is -2.25. The first-order valence-electron chi connectivity index (χ1n) is 7.74. The highest BCUT2D eigenvalue weighted by Gasteiger charge is 2.55. The molecule has 1 amide bonds. The number of amides is 1. The number of piperidine rings is 1. The van der Waals surface area contributed by atoms with Crippen LogP contribution in [0.4, 0.5) is 5.69 Å². The molecule has 0 radical (unpaired) electrons. The topological polar surface area (TPSA) is 58.4 Å². The average molecular weight is 297 g/mol. The van der Waals surface area contributed by atoms with Crippen LogP contribution in [0.1, 0.15) is 12.2 Å². The van der Waals surface area contributed by atoms with E-state index in [4.69, 9.17) is 4.42 Å². The predicted molar refractivity (Wildman–Crippen MR) is 81.9 cm³/mol. The van der Waals surface area contributed by atoms with Crippen molar-refractivity contribution < 1.29 is 9.21 Å². The fourth-order valence-electron chi connectivity index (χ4n) is 3.65. The van der Waals surface area contributed by atoms with E-state index in [2.05, 4.69) is 15.2 Å². The van der Waals surface area contributed by atoms with Crippen LogP contribution in [0.25, 0.3) is 0 Å². The quantitative estimate of drug-likeness (QED) is 0.920. The molecule has 0 bridgehead atoms. The third-order valence-corrected chi connectivity index (χ3v) is 4.77. The second-order valence-corrected chi connectivity index (χ2v) is 6.26. The van der Waals surface area contributed by atoms with Crippen LogP contribution in [0.5, 0.6) is 0 Å². The molecule has 1 aliphatic carbocycles. The molecule has 3 heterocycles. The molecule has 1 N–H and O–H groups in total. The van der Waals surface area contributed by atoms with Gasteiger partial charge in [0.1, 0.15) is 5.76 Å². The Morgan fingerprint density at radius 2 is 2.18 bits per heavy atom. The van der Waals surface area contributed by atoms with Gasteiger partial charge < -0.3 is 9.73 Å². The number of rotatable bonds is 5. The summed E-state index contributed by atoms with van der Waals surface area (Å²) < 4.78 is 5.39. The molecule has 114 valence electrons. The molecule has 2 fully saturated rings. The fourth-order valence-corrected chi connectivity index (χ4v) is 3.65. The minimum atomic E-state index is 0.102. The maximum atomic E-state index is 12.1. The van der Waals surface area contributed by atoms with Crippen LogP contribution in [0.2, 0.25) is 0 Å². The third-order valence-electron chi connectivity index (χ3n) is 4.77. The monoisotopic (exact) mass is 297 g/mol. The van der Waals surface area contributed by atoms with Gasteiger partial charge in [-0.15, -0.1) is 0 Å². The van der Waals surface area contributed by atoms with Crippen molar-refractivity contribution in [2.45, 2.75) is 13.0 Å². The molecule has 4 rings (SSSR count). The van der Waals surface area contributed by atoms with Crippen molar-refractivity contribution in [3.63, 3.8) is 0 Å². The molecule has 5 nitrogen and oxygen atoms in total. The molecule has 2 aromatic heterocycles. The molecule has 0 aromatic carbocycles. The molecular weight excluding hydrogens is 278 g/mol. The van der Waals surface area contributed by atoms with Crippen molar-refractivity contribution >= 4 is 11.6 Å². The first kappa shape index (κ1) is 13.5. The van der Waals surface area contributed by atoms with Crippen LogP contribution in [-0.2, 0) is 11.3 Å². The number of nitrogens with one attached hydrogen (secondary N) is 1. The Hall–Kier alpha value is -2.14. The lowest BCUT2D eigenvalue weighted by atomic mass is 10.2. The number of hydrogen-bond donors (Lipinski definition) is 1. The Balaban J connectivity index is 1.24. The first-order valence-corrected chi connectivity index (χ1v) is 7.74. The minimum absolute atomic E-state index is 0.102. The van der Waals surface area contributed by atoms with Gasteiger partial charge in [-0.25, -0.2) is 0 Å². The van der Waals surface area contributed by atoms with Crippen molar-refractivity contribution in [3.8, 4) is 0 Å². The summed E-state index contributed by atoms with van der Waals surface area (Å²) in [4.78, 5) is 18.5. The summed E-state index contributed by atoms with van der Waals surface area (Å²) in [5.41, 5.74) is 0.776. The first-order chi connectivity index (χ1) is 10.8. The van der Waals surface area contributed by atoms with Gasteiger partial charge in [0.2, 0.25) is 5.91 Å². The number of furan rings is 1. The zero-order valence-electron chi connectivity index (χ0n) is 12.3. The van der Waals surface area contributed by atoms with Crippen molar-refractivity contribution in [3.05, 3.63) is 48.7 Å². The largest absolute Gasteiger partial charge is 0.468 e. The summed E-state index contributed by atoms with van der Waals surface area (Å²) >= 11 is 0. The summed E-state index contributed by atoms with van der Waals surface area (Å²) in [5.74, 6) is 3.02. The number of anilines is 1. The average Bonchev–Trinajstić information content (AvgIpc) is 2.93. The Morgan fingerprint density at radius 1 is 1.32 bits per heavy atom. The molecule has 1 unspecified atom stereocenters. The Bertz CT molecular complexity index is 629. The summed E-state index contributed by atoms with van der Waals surface area (Å²) in [7, 11) is 0. The van der Waals surface area contributed by atoms with E-state index in [1.165, 1.54) is 0 Å². The van der Waals surface area contributed by atoms with Gasteiger partial charge in [-0.05, 0) is 42.0 Å². The number of pyridine rings is 1. The van der Waals surface area contributed by atoms with Gasteiger partial charge in [0.05, 0.1) is 24.7 Å². The number of hydrogen-bond acceptors (Lipinski definition) is 4. The highest BCUT2D eigenvalue weighted by Crippen LogP contribution is 2.53. The molecule has 1 saturated heterocycles. The van der Waals surface area contributed by atoms with Crippen molar-refractivity contribution in [1.29, 1.82) is 0 Å². The number of likely N-dealkylation sites (tertiary alicyclic amines) is 1. The van der Waals surface area contributed by atoms with E-state index in [9.17, 15) is 4.79 Å². The van der Waals surface area contributed by atoms with Gasteiger partial charge in [0.25, 0.3) is 0 Å². The van der Waals surface area contributed by atoms with Crippen LogP contribution in [0.15, 0.2) is 47.3 Å². The molecule has 1 aliphatic heterocycles. The van der Waals surface area contributed by atoms with Crippen molar-refractivity contribution in [2.24, 2.45) is 17.8 Å². The Kier molecular flexibility index (Phi) is 3.42. The van der Waals surface area contributed by atoms with E-state index in [1.807, 2.05) is 24.3 Å². The second kappa shape index (κ2) is 5.57. The lowest BCUT2D eigenvalue weighted by Gasteiger charge is -2.17. The van der Waals surface area contributed by atoms with Crippen molar-refractivity contribution in [2.75, 3.05) is 18.4 Å². The fraction of sp³-hybridized carbons (Fsp3) is 0.412. The Morgan fingerprint density at radius 3 is 2.86 bits per heavy atom. The smallest absolute Gasteiger partial charge is 0.224 e. The zero-order chi connectivity index (χ0) is 14.9. The number of carbonyl (C=O) groups excluding carboxylic acids is 1. The summed E-state index contributed by atoms with van der Waals surface area (Å²) in [6, 6.07) is 7.64. The molecule has 5 heteroatoms. The van der Waals surface area contributed by atoms with Crippen LogP contribution < -0.4 is 5.32 Å². The highest BCUT2D eigenvalue weighted by atomic mass is 16.3. The van der Waals surface area contributed by atoms with E-state index < -0.39 is 0 Å². The van der Waals surface area contributed by atoms with E-state index in [1.54, 1.807) is 18.7 Å². The van der Waals surface area contributed by atoms with E-state index >= 15 is 0 Å². The van der Waals surface area contributed by atoms with Gasteiger partial charge >= 0.3 is 0 Å². The standard InChI is InChI=1S/C17H19N3O2/c21-17(19-12-3-1-5-18-8-12)7-14-15-10-20(11-16(14)15)9-13-4-2-6-22-13/h1-6,8,14-16H,7,9-11H2,(H,19,21)/t14?,15-,16+. The van der Waals surface area contributed by atoms with Crippen LogP contribution in [0.3, 0.4) is 0 Å². The van der Waals surface area contributed by atoms with E-state index in [-0.39, 0.29) is 5.91 Å². The van der Waals surface area contributed by atoms with E-state index in [0.29, 0.717) is 24.2 Å². The third kappa shape index (κ3) is 2.76. The number of nitrogens with zero attached hydrogens (tertiary/aromatic N) is 2. The number of aromatic nitrogens is 1. The number of fused-ring (bicyclic) bond motifs is 1. The Labute approximate surface area is 129 Å². The second-order valence-electron chi connectivity index (χ2n) is 6.26. The zero-order valence-corrected chi connectivity index (χ0v) is 12.3. The summed E-state index contributed by atoms with van der Waals surface area (Å²) in [6.07, 6.45) is 5.72. The molecular formula is C17H19N3O2. The van der Waals surface area contributed by atoms with Gasteiger partial charge in [-0.1, -0.05) is 0 Å². The molecule has 1 saturated carbocycles. The molecule has 0 spiro atoms. The normalized spacial score (nSPS) is 26.6. The predicted octanol–water partition coefficient (Wildman–Crippen LogP) is 2.38. The molecule has 22 heavy (non-hydrogen) atoms. The van der Waals surface area contributed by atoms with Crippen LogP contribution in [-0.4, -0.2) is 28.9 Å². The van der Waals surface area contributed by atoms with Gasteiger partial charge in [-0.2, -0.15) is 0 Å². The van der Waals surface area contributed by atoms with Crippen molar-refractivity contribution in [1.82, 2.24) is 9.88 Å². The molecule has 3 atom stereocenters. The molecule has 2 aliphatic rings. The minimum Gasteiger partial charge on any atom is -0.468 e. The molecule has 2 aromatic rings. The SMILES string of the molecule is O=C(CC1[C@H]2CN(Cc3ccco3)C[C@@H]12)Nc1cccnc1. The lowest BCUT2D eigenvalue weighted by molar-refractivity contribution is -0.116. The van der Waals surface area contributed by atoms with Crippen LogP contribution >= 0.6 is 0 Å². The van der Waals surface area contributed by atoms with Gasteiger partial charge in [0, 0.05) is 25.7 Å². The van der Waals surface area contributed by atoms with E-state index in [0.717, 1.165) is 31.1 Å². The van der Waals surface area contributed by atoms with Gasteiger partial charge in [0.15, 0.2) is 0 Å². The summed E-state index contributed by atoms with van der Waals surface area (Å²) in [5, 5.41) is 2.92. The summed E-state index contributed by atoms with van der Waals surface area (Å²) in [6.45, 7) is 3.04.